The molecule has 0 atom stereocenters. The first-order valence-electron chi connectivity index (χ1n) is 9.62. The Morgan fingerprint density at radius 3 is 2.55 bits per heavy atom. The molecule has 10 heteroatoms. The van der Waals surface area contributed by atoms with Gasteiger partial charge in [0.25, 0.3) is 5.91 Å². The van der Waals surface area contributed by atoms with Crippen LogP contribution in [0.15, 0.2) is 30.5 Å². The number of aromatic nitrogens is 3. The first kappa shape index (κ1) is 21.6. The standard InChI is InChI=1S/C21H23N7O3/c1-13-18(14(2)28-21(25-13)15(10-22)11-24-28)8-9-19(29)26-27-20(30)12-23-16-4-6-17(31-3)7-5-16/h4-7,11,23H,8-9,12H2,1-3H3,(H,26,29)(H,27,30). The quantitative estimate of drug-likeness (QED) is 0.491. The molecular weight excluding hydrogens is 398 g/mol. The van der Waals surface area contributed by atoms with Crippen LogP contribution in [0, 0.1) is 25.2 Å². The fraction of sp³-hybridized carbons (Fsp3) is 0.286. The summed E-state index contributed by atoms with van der Waals surface area (Å²) in [4.78, 5) is 28.5. The number of carbonyl (C=O) groups excluding carboxylic acids is 2. The summed E-state index contributed by atoms with van der Waals surface area (Å²) < 4.78 is 6.68. The zero-order chi connectivity index (χ0) is 22.4. The number of methoxy groups -OCH3 is 1. The van der Waals surface area contributed by atoms with Gasteiger partial charge in [-0.2, -0.15) is 10.4 Å². The van der Waals surface area contributed by atoms with E-state index in [-0.39, 0.29) is 24.8 Å². The third kappa shape index (κ3) is 5.08. The predicted molar refractivity (Wildman–Crippen MR) is 113 cm³/mol. The molecule has 0 aliphatic rings. The van der Waals surface area contributed by atoms with E-state index >= 15 is 0 Å². The molecule has 0 radical (unpaired) electrons. The third-order valence-electron chi connectivity index (χ3n) is 4.82. The number of hydrazine groups is 1. The molecule has 31 heavy (non-hydrogen) atoms. The lowest BCUT2D eigenvalue weighted by molar-refractivity contribution is -0.128. The average Bonchev–Trinajstić information content (AvgIpc) is 3.19. The van der Waals surface area contributed by atoms with Crippen molar-refractivity contribution < 1.29 is 14.3 Å². The van der Waals surface area contributed by atoms with Crippen LogP contribution < -0.4 is 20.9 Å². The van der Waals surface area contributed by atoms with Crippen LogP contribution >= 0.6 is 0 Å². The van der Waals surface area contributed by atoms with Gasteiger partial charge in [-0.05, 0) is 50.1 Å². The Bertz CT molecular complexity index is 1150. The third-order valence-corrected chi connectivity index (χ3v) is 4.82. The zero-order valence-electron chi connectivity index (χ0n) is 17.5. The summed E-state index contributed by atoms with van der Waals surface area (Å²) in [5, 5.41) is 16.3. The highest BCUT2D eigenvalue weighted by Crippen LogP contribution is 2.18. The fourth-order valence-electron chi connectivity index (χ4n) is 3.13. The van der Waals surface area contributed by atoms with Crippen molar-refractivity contribution in [2.24, 2.45) is 0 Å². The van der Waals surface area contributed by atoms with Crippen molar-refractivity contribution in [2.45, 2.75) is 26.7 Å². The molecule has 2 heterocycles. The lowest BCUT2D eigenvalue weighted by Crippen LogP contribution is -2.44. The molecule has 0 aliphatic heterocycles. The van der Waals surface area contributed by atoms with Gasteiger partial charge in [-0.25, -0.2) is 9.50 Å². The van der Waals surface area contributed by atoms with Crippen molar-refractivity contribution in [3.8, 4) is 11.8 Å². The number of anilines is 1. The molecule has 3 N–H and O–H groups in total. The van der Waals surface area contributed by atoms with Crippen molar-refractivity contribution in [1.82, 2.24) is 25.4 Å². The summed E-state index contributed by atoms with van der Waals surface area (Å²) in [6, 6.07) is 9.21. The number of amides is 2. The van der Waals surface area contributed by atoms with Crippen molar-refractivity contribution >= 4 is 23.1 Å². The number of rotatable bonds is 7. The van der Waals surface area contributed by atoms with E-state index < -0.39 is 0 Å². The van der Waals surface area contributed by atoms with Crippen molar-refractivity contribution in [2.75, 3.05) is 19.0 Å². The van der Waals surface area contributed by atoms with Gasteiger partial charge in [0.05, 0.1) is 19.9 Å². The number of hydrogen-bond acceptors (Lipinski definition) is 7. The lowest BCUT2D eigenvalue weighted by Gasteiger charge is -2.12. The molecule has 0 unspecified atom stereocenters. The van der Waals surface area contributed by atoms with E-state index in [0.717, 1.165) is 28.4 Å². The minimum atomic E-state index is -0.375. The highest BCUT2D eigenvalue weighted by atomic mass is 16.5. The summed E-state index contributed by atoms with van der Waals surface area (Å²) in [5.74, 6) is 0.0233. The highest BCUT2D eigenvalue weighted by Gasteiger charge is 2.15. The summed E-state index contributed by atoms with van der Waals surface area (Å²) in [5.41, 5.74) is 8.90. The van der Waals surface area contributed by atoms with Gasteiger partial charge in [0.15, 0.2) is 5.65 Å². The number of fused-ring (bicyclic) bond motifs is 1. The maximum Gasteiger partial charge on any atom is 0.257 e. The molecular formula is C21H23N7O3. The highest BCUT2D eigenvalue weighted by molar-refractivity contribution is 5.84. The predicted octanol–water partition coefficient (Wildman–Crippen LogP) is 1.42. The molecule has 2 amide bonds. The molecule has 0 saturated heterocycles. The zero-order valence-corrected chi connectivity index (χ0v) is 17.5. The maximum atomic E-state index is 12.2. The molecule has 3 aromatic rings. The number of carbonyl (C=O) groups is 2. The molecule has 2 aromatic heterocycles. The fourth-order valence-corrected chi connectivity index (χ4v) is 3.13. The van der Waals surface area contributed by atoms with Gasteiger partial charge in [-0.1, -0.05) is 0 Å². The van der Waals surface area contributed by atoms with Crippen LogP contribution in [0.25, 0.3) is 5.65 Å². The number of nitriles is 1. The molecule has 160 valence electrons. The van der Waals surface area contributed by atoms with Crippen LogP contribution in [-0.2, 0) is 16.0 Å². The van der Waals surface area contributed by atoms with Gasteiger partial charge in [0.1, 0.15) is 17.4 Å². The molecule has 0 spiro atoms. The van der Waals surface area contributed by atoms with E-state index in [2.05, 4.69) is 32.3 Å². The number of nitrogens with one attached hydrogen (secondary N) is 3. The molecule has 0 saturated carbocycles. The number of hydrogen-bond donors (Lipinski definition) is 3. The summed E-state index contributed by atoms with van der Waals surface area (Å²) in [7, 11) is 1.58. The van der Waals surface area contributed by atoms with Crippen molar-refractivity contribution in [3.05, 3.63) is 53.0 Å². The molecule has 10 nitrogen and oxygen atoms in total. The van der Waals surface area contributed by atoms with Gasteiger partial charge < -0.3 is 10.1 Å². The van der Waals surface area contributed by atoms with E-state index in [1.165, 1.54) is 6.20 Å². The van der Waals surface area contributed by atoms with Crippen LogP contribution in [0.2, 0.25) is 0 Å². The van der Waals surface area contributed by atoms with Gasteiger partial charge in [-0.15, -0.1) is 0 Å². The van der Waals surface area contributed by atoms with Gasteiger partial charge in [0.2, 0.25) is 5.91 Å². The van der Waals surface area contributed by atoms with E-state index in [0.29, 0.717) is 17.6 Å². The smallest absolute Gasteiger partial charge is 0.257 e. The Balaban J connectivity index is 1.49. The van der Waals surface area contributed by atoms with Crippen molar-refractivity contribution in [3.63, 3.8) is 0 Å². The van der Waals surface area contributed by atoms with Crippen LogP contribution in [0.5, 0.6) is 5.75 Å². The monoisotopic (exact) mass is 421 g/mol. The second-order valence-electron chi connectivity index (χ2n) is 6.85. The molecule has 1 aromatic carbocycles. The normalized spacial score (nSPS) is 10.4. The Hall–Kier alpha value is -4.13. The topological polar surface area (TPSA) is 133 Å². The number of nitrogens with zero attached hydrogens (tertiary/aromatic N) is 4. The van der Waals surface area contributed by atoms with Crippen LogP contribution in [-0.4, -0.2) is 40.1 Å². The largest absolute Gasteiger partial charge is 0.497 e. The Morgan fingerprint density at radius 2 is 1.87 bits per heavy atom. The van der Waals surface area contributed by atoms with E-state index in [9.17, 15) is 9.59 Å². The Morgan fingerprint density at radius 1 is 1.16 bits per heavy atom. The van der Waals surface area contributed by atoms with E-state index in [1.807, 2.05) is 13.8 Å². The summed E-state index contributed by atoms with van der Waals surface area (Å²) in [6.07, 6.45) is 2.06. The number of benzene rings is 1. The van der Waals surface area contributed by atoms with Gasteiger partial charge in [0, 0.05) is 23.5 Å². The minimum absolute atomic E-state index is 0.00589. The average molecular weight is 421 g/mol. The molecule has 3 rings (SSSR count). The van der Waals surface area contributed by atoms with Crippen LogP contribution in [0.4, 0.5) is 5.69 Å². The molecule has 0 bridgehead atoms. The Labute approximate surface area is 179 Å². The van der Waals surface area contributed by atoms with Gasteiger partial charge >= 0.3 is 0 Å². The minimum Gasteiger partial charge on any atom is -0.497 e. The number of ether oxygens (including phenoxy) is 1. The maximum absolute atomic E-state index is 12.2. The SMILES string of the molecule is COc1ccc(NCC(=O)NNC(=O)CCc2c(C)nc3c(C#N)cnn3c2C)cc1. The van der Waals surface area contributed by atoms with Crippen LogP contribution in [0.3, 0.4) is 0 Å². The van der Waals surface area contributed by atoms with E-state index in [1.54, 1.807) is 35.9 Å². The van der Waals surface area contributed by atoms with Crippen LogP contribution in [0.1, 0.15) is 28.9 Å². The summed E-state index contributed by atoms with van der Waals surface area (Å²) >= 11 is 0. The summed E-state index contributed by atoms with van der Waals surface area (Å²) in [6.45, 7) is 3.71. The van der Waals surface area contributed by atoms with Crippen molar-refractivity contribution in [1.29, 1.82) is 5.26 Å². The Kier molecular flexibility index (Phi) is 6.67. The van der Waals surface area contributed by atoms with E-state index in [4.69, 9.17) is 10.00 Å². The number of aryl methyl sites for hydroxylation is 2. The molecule has 0 aliphatic carbocycles. The van der Waals surface area contributed by atoms with Gasteiger partial charge in [-0.3, -0.25) is 20.4 Å². The molecule has 0 fully saturated rings. The first-order valence-corrected chi connectivity index (χ1v) is 9.62. The second-order valence-corrected chi connectivity index (χ2v) is 6.85. The lowest BCUT2D eigenvalue weighted by atomic mass is 10.1. The first-order chi connectivity index (χ1) is 14.9. The second kappa shape index (κ2) is 9.58.